The van der Waals surface area contributed by atoms with Crippen molar-refractivity contribution in [1.82, 2.24) is 4.98 Å². The number of rotatable bonds is 10. The maximum atomic E-state index is 6.18. The van der Waals surface area contributed by atoms with E-state index in [-0.39, 0.29) is 0 Å². The summed E-state index contributed by atoms with van der Waals surface area (Å²) in [7, 11) is 2.77. The van der Waals surface area contributed by atoms with Crippen molar-refractivity contribution in [3.05, 3.63) is 58.2 Å². The van der Waals surface area contributed by atoms with Gasteiger partial charge in [-0.1, -0.05) is 32.4 Å². The van der Waals surface area contributed by atoms with Crippen molar-refractivity contribution in [1.29, 1.82) is 0 Å². The number of unbranched alkanes of at least 4 members (excludes halogenated alkanes) is 1. The lowest BCUT2D eigenvalue weighted by Crippen LogP contribution is -2.12. The molecule has 1 aromatic heterocycles. The highest BCUT2D eigenvalue weighted by atomic mass is 32.2. The van der Waals surface area contributed by atoms with E-state index in [1.165, 1.54) is 34.8 Å². The summed E-state index contributed by atoms with van der Waals surface area (Å²) >= 11 is 1.97. The quantitative estimate of drug-likeness (QED) is 0.211. The zero-order chi connectivity index (χ0) is 25.5. The van der Waals surface area contributed by atoms with Gasteiger partial charge < -0.3 is 10.5 Å². The summed E-state index contributed by atoms with van der Waals surface area (Å²) in [5, 5.41) is 1.22. The number of aromatic nitrogens is 1. The molecule has 0 radical (unpaired) electrons. The van der Waals surface area contributed by atoms with E-state index >= 15 is 0 Å². The van der Waals surface area contributed by atoms with Gasteiger partial charge in [-0.2, -0.15) is 11.8 Å². The molecule has 0 bridgehead atoms. The van der Waals surface area contributed by atoms with Crippen LogP contribution in [0, 0.1) is 6.92 Å². The van der Waals surface area contributed by atoms with Gasteiger partial charge in [0.1, 0.15) is 0 Å². The molecule has 0 spiro atoms. The fourth-order valence-electron chi connectivity index (χ4n) is 3.57. The second kappa shape index (κ2) is 17.1. The monoisotopic (exact) mass is 503 g/mol. The Morgan fingerprint density at radius 3 is 2.59 bits per heavy atom. The number of allylic oxidation sites excluding steroid dienone is 4. The maximum Gasteiger partial charge on any atom is 0.0670 e. The molecule has 0 aliphatic carbocycles. The predicted octanol–water partition coefficient (Wildman–Crippen LogP) is 7.04. The third kappa shape index (κ3) is 10.9. The molecule has 0 amide bonds. The number of nitrogens with two attached hydrogens (primary N) is 1. The van der Waals surface area contributed by atoms with Gasteiger partial charge in [-0.15, -0.1) is 9.24 Å². The number of ether oxygens (including phenoxy) is 1. The highest BCUT2D eigenvalue weighted by Gasteiger charge is 2.21. The summed E-state index contributed by atoms with van der Waals surface area (Å²) in [6.45, 7) is 14.6. The average Bonchev–Trinajstić information content (AvgIpc) is 3.23. The number of aliphatic imine (C=N–C) groups is 1. The van der Waals surface area contributed by atoms with E-state index in [2.05, 4.69) is 66.0 Å². The standard InChI is InChI=1S/C15H26N2.C13H20NOPS/c1-6-9-10-11-14(13(5)17-8-3)15(16)12(4)7-2;1-9-5-14-6-13(16)12(9)8-17-7-11-4-3-10(2)15-11/h8,10-11H,6-7,9,16H2,1-5H3;5-6,10-11H,3-4,7-8,16H2,1-2H3/b11-10-,14-13-,15-12-,17-8?;. The van der Waals surface area contributed by atoms with Crippen LogP contribution in [0.5, 0.6) is 0 Å². The van der Waals surface area contributed by atoms with E-state index < -0.39 is 0 Å². The molecule has 6 heteroatoms. The van der Waals surface area contributed by atoms with E-state index in [1.807, 2.05) is 38.0 Å². The van der Waals surface area contributed by atoms with Crippen LogP contribution in [0.2, 0.25) is 0 Å². The molecule has 4 nitrogen and oxygen atoms in total. The van der Waals surface area contributed by atoms with Gasteiger partial charge in [0.2, 0.25) is 0 Å². The van der Waals surface area contributed by atoms with Crippen molar-refractivity contribution in [3.63, 3.8) is 0 Å². The number of thioether (sulfide) groups is 1. The van der Waals surface area contributed by atoms with Crippen LogP contribution >= 0.6 is 21.0 Å². The summed E-state index contributed by atoms with van der Waals surface area (Å²) in [6, 6.07) is 0. The first-order chi connectivity index (χ1) is 16.2. The van der Waals surface area contributed by atoms with Crippen LogP contribution in [-0.2, 0) is 10.5 Å². The van der Waals surface area contributed by atoms with Crippen molar-refractivity contribution in [2.75, 3.05) is 5.75 Å². The largest absolute Gasteiger partial charge is 0.398 e. The van der Waals surface area contributed by atoms with Crippen LogP contribution in [0.4, 0.5) is 0 Å². The van der Waals surface area contributed by atoms with Crippen LogP contribution in [-0.4, -0.2) is 29.2 Å². The normalized spacial score (nSPS) is 19.8. The van der Waals surface area contributed by atoms with Crippen LogP contribution in [0.15, 0.2) is 52.1 Å². The van der Waals surface area contributed by atoms with E-state index in [9.17, 15) is 0 Å². The highest BCUT2D eigenvalue weighted by molar-refractivity contribution is 7.98. The lowest BCUT2D eigenvalue weighted by molar-refractivity contribution is 0.0700. The molecule has 190 valence electrons. The Bertz CT molecular complexity index is 856. The molecule has 0 aromatic carbocycles. The zero-order valence-corrected chi connectivity index (χ0v) is 24.3. The van der Waals surface area contributed by atoms with Gasteiger partial charge in [0.05, 0.1) is 12.2 Å². The predicted molar refractivity (Wildman–Crippen MR) is 156 cm³/mol. The summed E-state index contributed by atoms with van der Waals surface area (Å²) in [5.41, 5.74) is 13.0. The Labute approximate surface area is 215 Å². The van der Waals surface area contributed by atoms with E-state index in [1.54, 1.807) is 6.21 Å². The van der Waals surface area contributed by atoms with Crippen LogP contribution < -0.4 is 11.0 Å². The minimum Gasteiger partial charge on any atom is -0.398 e. The van der Waals surface area contributed by atoms with Crippen molar-refractivity contribution < 1.29 is 4.74 Å². The van der Waals surface area contributed by atoms with Gasteiger partial charge in [-0.25, -0.2) is 0 Å². The number of nitrogens with zero attached hydrogens (tertiary/aromatic N) is 2. The molecule has 2 heterocycles. The van der Waals surface area contributed by atoms with Crippen LogP contribution in [0.25, 0.3) is 0 Å². The molecule has 1 fully saturated rings. The summed E-state index contributed by atoms with van der Waals surface area (Å²) in [4.78, 5) is 8.52. The Balaban J connectivity index is 0.000000340. The van der Waals surface area contributed by atoms with E-state index in [4.69, 9.17) is 10.5 Å². The molecule has 2 rings (SSSR count). The molecule has 3 unspecified atom stereocenters. The first-order valence-electron chi connectivity index (χ1n) is 12.5. The van der Waals surface area contributed by atoms with Gasteiger partial charge in [0, 0.05) is 47.1 Å². The molecule has 2 N–H and O–H groups in total. The van der Waals surface area contributed by atoms with Crippen molar-refractivity contribution in [2.24, 2.45) is 10.7 Å². The fraction of sp³-hybridized carbons (Fsp3) is 0.571. The molecule has 1 aliphatic heterocycles. The third-order valence-electron chi connectivity index (χ3n) is 5.91. The SMILES string of the molecule is CC=N/C(C)=C(/C=C\CCC)C(\N)=C(/C)CC.Cc1cncc(P)c1CSCC1CCC(C)O1. The first kappa shape index (κ1) is 30.6. The van der Waals surface area contributed by atoms with Gasteiger partial charge in [0.15, 0.2) is 0 Å². The summed E-state index contributed by atoms with van der Waals surface area (Å²) < 4.78 is 5.82. The van der Waals surface area contributed by atoms with Crippen molar-refractivity contribution >= 4 is 32.5 Å². The molecule has 1 aromatic rings. The van der Waals surface area contributed by atoms with Crippen molar-refractivity contribution in [2.45, 2.75) is 98.5 Å². The minimum atomic E-state index is 0.459. The molecule has 1 aliphatic rings. The molecule has 34 heavy (non-hydrogen) atoms. The van der Waals surface area contributed by atoms with Crippen LogP contribution in [0.3, 0.4) is 0 Å². The molecule has 3 atom stereocenters. The second-order valence-corrected chi connectivity index (χ2v) is 10.5. The number of hydrogen-bond acceptors (Lipinski definition) is 5. The number of hydrogen-bond donors (Lipinski definition) is 1. The molecule has 0 saturated carbocycles. The van der Waals surface area contributed by atoms with Gasteiger partial charge in [0.25, 0.3) is 0 Å². The van der Waals surface area contributed by atoms with E-state index in [0.717, 1.165) is 47.7 Å². The van der Waals surface area contributed by atoms with Crippen LogP contribution in [0.1, 0.15) is 84.8 Å². The Morgan fingerprint density at radius 2 is 2.03 bits per heavy atom. The number of pyridine rings is 1. The van der Waals surface area contributed by atoms with Gasteiger partial charge in [-0.3, -0.25) is 9.98 Å². The van der Waals surface area contributed by atoms with Gasteiger partial charge >= 0.3 is 0 Å². The Hall–Kier alpha value is -1.42. The zero-order valence-electron chi connectivity index (χ0n) is 22.4. The van der Waals surface area contributed by atoms with E-state index in [0.29, 0.717) is 12.2 Å². The summed E-state index contributed by atoms with van der Waals surface area (Å²) in [6.07, 6.45) is 16.5. The first-order valence-corrected chi connectivity index (χ1v) is 14.2. The number of aryl methyl sites for hydroxylation is 1. The molecular formula is C28H46N3OPS. The second-order valence-electron chi connectivity index (χ2n) is 8.81. The lowest BCUT2D eigenvalue weighted by atomic mass is 10.0. The molecular weight excluding hydrogens is 457 g/mol. The average molecular weight is 504 g/mol. The highest BCUT2D eigenvalue weighted by Crippen LogP contribution is 2.24. The molecule has 1 saturated heterocycles. The maximum absolute atomic E-state index is 6.18. The lowest BCUT2D eigenvalue weighted by Gasteiger charge is -2.12. The third-order valence-corrected chi connectivity index (χ3v) is 7.51. The van der Waals surface area contributed by atoms with Crippen molar-refractivity contribution in [3.8, 4) is 0 Å². The Morgan fingerprint density at radius 1 is 1.29 bits per heavy atom. The minimum absolute atomic E-state index is 0.459. The van der Waals surface area contributed by atoms with Gasteiger partial charge in [-0.05, 0) is 82.3 Å². The Kier molecular flexibility index (Phi) is 15.4. The topological polar surface area (TPSA) is 60.5 Å². The fourth-order valence-corrected chi connectivity index (χ4v) is 5.36. The summed E-state index contributed by atoms with van der Waals surface area (Å²) in [5.74, 6) is 2.16. The smallest absolute Gasteiger partial charge is 0.0670 e.